The summed E-state index contributed by atoms with van der Waals surface area (Å²) in [5, 5.41) is 12.1. The molecule has 1 aromatic rings. The van der Waals surface area contributed by atoms with E-state index in [0.717, 1.165) is 24.4 Å². The Balaban J connectivity index is 1.83. The molecule has 0 spiro atoms. The third kappa shape index (κ3) is 3.61. The molecule has 5 nitrogen and oxygen atoms in total. The highest BCUT2D eigenvalue weighted by atomic mass is 16.3. The number of carbonyl (C=O) groups excluding carboxylic acids is 1. The average molecular weight is 275 g/mol. The third-order valence-electron chi connectivity index (χ3n) is 3.66. The third-order valence-corrected chi connectivity index (χ3v) is 3.66. The standard InChI is InChI=1S/C15H21N3O2/c1-11-4-7-13(20-11)8-18(3)9-14(19)17-15(2,10-16)12-5-6-12/h4,7,12H,5-6,8-9H2,1-3H3,(H,17,19)/t15-/m1/s1. The predicted octanol–water partition coefficient (Wildman–Crippen LogP) is 1.83. The van der Waals surface area contributed by atoms with Gasteiger partial charge in [0.2, 0.25) is 5.91 Å². The Morgan fingerprint density at radius 2 is 2.30 bits per heavy atom. The second-order valence-electron chi connectivity index (χ2n) is 5.82. The lowest BCUT2D eigenvalue weighted by Crippen LogP contribution is -2.49. The van der Waals surface area contributed by atoms with Crippen molar-refractivity contribution >= 4 is 5.91 Å². The summed E-state index contributed by atoms with van der Waals surface area (Å²) in [5.74, 6) is 1.88. The summed E-state index contributed by atoms with van der Waals surface area (Å²) in [7, 11) is 1.86. The molecule has 0 saturated heterocycles. The van der Waals surface area contributed by atoms with Crippen LogP contribution in [0.1, 0.15) is 31.3 Å². The van der Waals surface area contributed by atoms with Gasteiger partial charge < -0.3 is 9.73 Å². The highest BCUT2D eigenvalue weighted by molar-refractivity contribution is 5.79. The molecule has 1 aliphatic rings. The minimum Gasteiger partial charge on any atom is -0.465 e. The number of amides is 1. The summed E-state index contributed by atoms with van der Waals surface area (Å²) in [6.45, 7) is 4.53. The van der Waals surface area contributed by atoms with Crippen molar-refractivity contribution in [2.45, 2.75) is 38.8 Å². The Morgan fingerprint density at radius 3 is 2.80 bits per heavy atom. The maximum atomic E-state index is 12.0. The van der Waals surface area contributed by atoms with Gasteiger partial charge in [0.05, 0.1) is 19.2 Å². The molecule has 0 radical (unpaired) electrons. The number of hydrogen-bond donors (Lipinski definition) is 1. The summed E-state index contributed by atoms with van der Waals surface area (Å²) in [4.78, 5) is 13.9. The first kappa shape index (κ1) is 14.6. The molecule has 1 aliphatic carbocycles. The molecular weight excluding hydrogens is 254 g/mol. The number of nitrogens with one attached hydrogen (secondary N) is 1. The molecule has 1 amide bonds. The number of nitrogens with zero attached hydrogens (tertiary/aromatic N) is 2. The Bertz CT molecular complexity index is 527. The van der Waals surface area contributed by atoms with E-state index in [-0.39, 0.29) is 12.5 Å². The maximum absolute atomic E-state index is 12.0. The fourth-order valence-corrected chi connectivity index (χ4v) is 2.35. The molecule has 1 heterocycles. The van der Waals surface area contributed by atoms with Crippen LogP contribution < -0.4 is 5.32 Å². The molecule has 1 aromatic heterocycles. The van der Waals surface area contributed by atoms with E-state index in [0.29, 0.717) is 12.5 Å². The van der Waals surface area contributed by atoms with Crippen molar-refractivity contribution < 1.29 is 9.21 Å². The van der Waals surface area contributed by atoms with Crippen molar-refractivity contribution in [2.75, 3.05) is 13.6 Å². The van der Waals surface area contributed by atoms with E-state index in [9.17, 15) is 10.1 Å². The number of likely N-dealkylation sites (N-methyl/N-ethyl adjacent to an activating group) is 1. The maximum Gasteiger partial charge on any atom is 0.235 e. The Hall–Kier alpha value is -1.80. The van der Waals surface area contributed by atoms with E-state index in [4.69, 9.17) is 4.42 Å². The summed E-state index contributed by atoms with van der Waals surface area (Å²) in [6, 6.07) is 6.04. The van der Waals surface area contributed by atoms with Crippen LogP contribution in [0.2, 0.25) is 0 Å². The van der Waals surface area contributed by atoms with E-state index in [1.165, 1.54) is 0 Å². The lowest BCUT2D eigenvalue weighted by Gasteiger charge is -2.24. The van der Waals surface area contributed by atoms with E-state index in [1.54, 1.807) is 6.92 Å². The molecule has 20 heavy (non-hydrogen) atoms. The van der Waals surface area contributed by atoms with Crippen LogP contribution in [-0.4, -0.2) is 29.9 Å². The first-order chi connectivity index (χ1) is 9.43. The number of nitriles is 1. The van der Waals surface area contributed by atoms with Gasteiger partial charge in [0.1, 0.15) is 17.1 Å². The summed E-state index contributed by atoms with van der Waals surface area (Å²) in [6.07, 6.45) is 2.04. The fraction of sp³-hybridized carbons (Fsp3) is 0.600. The summed E-state index contributed by atoms with van der Waals surface area (Å²) in [5.41, 5.74) is -0.723. The zero-order valence-corrected chi connectivity index (χ0v) is 12.3. The molecule has 108 valence electrons. The zero-order chi connectivity index (χ0) is 14.8. The van der Waals surface area contributed by atoms with E-state index in [2.05, 4.69) is 11.4 Å². The minimum absolute atomic E-state index is 0.119. The molecule has 0 unspecified atom stereocenters. The van der Waals surface area contributed by atoms with Crippen molar-refractivity contribution in [3.63, 3.8) is 0 Å². The van der Waals surface area contributed by atoms with E-state index in [1.807, 2.05) is 31.0 Å². The number of aryl methyl sites for hydroxylation is 1. The first-order valence-electron chi connectivity index (χ1n) is 6.89. The van der Waals surface area contributed by atoms with Gasteiger partial charge >= 0.3 is 0 Å². The Morgan fingerprint density at radius 1 is 1.60 bits per heavy atom. The lowest BCUT2D eigenvalue weighted by atomic mass is 9.98. The summed E-state index contributed by atoms with van der Waals surface area (Å²) >= 11 is 0. The van der Waals surface area contributed by atoms with E-state index >= 15 is 0 Å². The second-order valence-corrected chi connectivity index (χ2v) is 5.82. The molecular formula is C15H21N3O2. The summed E-state index contributed by atoms with van der Waals surface area (Å²) < 4.78 is 5.48. The van der Waals surface area contributed by atoms with Gasteiger partial charge in [-0.3, -0.25) is 9.69 Å². The van der Waals surface area contributed by atoms with Gasteiger partial charge in [-0.2, -0.15) is 5.26 Å². The quantitative estimate of drug-likeness (QED) is 0.860. The Labute approximate surface area is 119 Å². The largest absolute Gasteiger partial charge is 0.465 e. The van der Waals surface area contributed by atoms with Crippen molar-refractivity contribution in [1.82, 2.24) is 10.2 Å². The molecule has 1 saturated carbocycles. The number of rotatable bonds is 6. The minimum atomic E-state index is -0.723. The molecule has 5 heteroatoms. The van der Waals surface area contributed by atoms with Crippen LogP contribution in [0.25, 0.3) is 0 Å². The van der Waals surface area contributed by atoms with Crippen molar-refractivity contribution in [3.05, 3.63) is 23.7 Å². The highest BCUT2D eigenvalue weighted by Gasteiger charge is 2.43. The number of hydrogen-bond acceptors (Lipinski definition) is 4. The Kier molecular flexibility index (Phi) is 4.15. The molecule has 1 N–H and O–H groups in total. The van der Waals surface area contributed by atoms with E-state index < -0.39 is 5.54 Å². The molecule has 0 aromatic carbocycles. The molecule has 2 rings (SSSR count). The van der Waals surface area contributed by atoms with Crippen LogP contribution in [-0.2, 0) is 11.3 Å². The van der Waals surface area contributed by atoms with Crippen LogP contribution in [0, 0.1) is 24.2 Å². The second kappa shape index (κ2) is 5.68. The van der Waals surface area contributed by atoms with Gasteiger partial charge in [0.25, 0.3) is 0 Å². The molecule has 0 bridgehead atoms. The van der Waals surface area contributed by atoms with Crippen LogP contribution in [0.3, 0.4) is 0 Å². The van der Waals surface area contributed by atoms with Crippen LogP contribution in [0.4, 0.5) is 0 Å². The highest BCUT2D eigenvalue weighted by Crippen LogP contribution is 2.39. The molecule has 0 aliphatic heterocycles. The first-order valence-corrected chi connectivity index (χ1v) is 6.89. The average Bonchev–Trinajstić information content (AvgIpc) is 3.14. The van der Waals surface area contributed by atoms with Crippen molar-refractivity contribution in [3.8, 4) is 6.07 Å². The van der Waals surface area contributed by atoms with Crippen LogP contribution in [0.5, 0.6) is 0 Å². The number of carbonyl (C=O) groups is 1. The normalized spacial score (nSPS) is 17.6. The van der Waals surface area contributed by atoms with Gasteiger partial charge in [0.15, 0.2) is 0 Å². The topological polar surface area (TPSA) is 69.3 Å². The van der Waals surface area contributed by atoms with Crippen molar-refractivity contribution in [1.29, 1.82) is 5.26 Å². The molecule has 1 atom stereocenters. The van der Waals surface area contributed by atoms with Crippen molar-refractivity contribution in [2.24, 2.45) is 5.92 Å². The monoisotopic (exact) mass is 275 g/mol. The van der Waals surface area contributed by atoms with Crippen LogP contribution >= 0.6 is 0 Å². The van der Waals surface area contributed by atoms with Gasteiger partial charge in [-0.1, -0.05) is 0 Å². The SMILES string of the molecule is Cc1ccc(CN(C)CC(=O)N[C@](C)(C#N)C2CC2)o1. The number of furan rings is 1. The zero-order valence-electron chi connectivity index (χ0n) is 12.3. The van der Waals surface area contributed by atoms with Gasteiger partial charge in [0, 0.05) is 0 Å². The van der Waals surface area contributed by atoms with Gasteiger partial charge in [-0.05, 0) is 51.8 Å². The van der Waals surface area contributed by atoms with Crippen LogP contribution in [0.15, 0.2) is 16.5 Å². The molecule has 1 fully saturated rings. The van der Waals surface area contributed by atoms with Gasteiger partial charge in [-0.25, -0.2) is 0 Å². The smallest absolute Gasteiger partial charge is 0.235 e. The van der Waals surface area contributed by atoms with Gasteiger partial charge in [-0.15, -0.1) is 0 Å². The fourth-order valence-electron chi connectivity index (χ4n) is 2.35. The predicted molar refractivity (Wildman–Crippen MR) is 74.7 cm³/mol. The lowest BCUT2D eigenvalue weighted by molar-refractivity contribution is -0.123.